The molecular formula is C42H67F4NO16. The molecule has 17 nitrogen and oxygen atoms in total. The average molecular weight is 918 g/mol. The smallest absolute Gasteiger partial charge is 0.407 e. The van der Waals surface area contributed by atoms with Crippen LogP contribution in [0.25, 0.3) is 0 Å². The number of amides is 1. The molecule has 1 unspecified atom stereocenters. The second-order valence-corrected chi connectivity index (χ2v) is 13.3. The summed E-state index contributed by atoms with van der Waals surface area (Å²) in [6.07, 6.45) is 8.28. The molecule has 0 bridgehead atoms. The van der Waals surface area contributed by atoms with Gasteiger partial charge in [0.25, 0.3) is 0 Å². The van der Waals surface area contributed by atoms with Crippen LogP contribution in [-0.2, 0) is 66.4 Å². The van der Waals surface area contributed by atoms with E-state index in [2.05, 4.69) is 22.2 Å². The second kappa shape index (κ2) is 40.4. The van der Waals surface area contributed by atoms with Crippen molar-refractivity contribution in [3.05, 3.63) is 41.5 Å². The van der Waals surface area contributed by atoms with Gasteiger partial charge in [-0.05, 0) is 32.1 Å². The van der Waals surface area contributed by atoms with E-state index in [4.69, 9.17) is 61.6 Å². The van der Waals surface area contributed by atoms with Crippen molar-refractivity contribution in [2.75, 3.05) is 165 Å². The fourth-order valence-electron chi connectivity index (χ4n) is 5.14. The summed E-state index contributed by atoms with van der Waals surface area (Å²) in [6.45, 7) is 9.42. The number of carbonyl (C=O) groups is 2. The molecule has 0 aromatic heterocycles. The van der Waals surface area contributed by atoms with Gasteiger partial charge in [-0.15, -0.1) is 0 Å². The first-order chi connectivity index (χ1) is 30.9. The van der Waals surface area contributed by atoms with Crippen molar-refractivity contribution in [3.8, 4) is 5.75 Å². The fraction of sp³-hybridized carbons (Fsp3) is 0.762. The standard InChI is InChI=1S/C42H67F4NO16/c43-36-34-37(44)40(46)41(39(36)45)63-38(48)8-10-50-12-14-52-16-18-54-20-22-56-24-26-58-28-30-60-32-33-61-31-29-59-27-25-57-23-21-55-19-17-53-15-13-51-11-9-47-42(49)62-35-6-4-2-1-3-5-7-35/h1-2,34-35H,3-33H2,(H,47,49)/b2-1+. The average Bonchev–Trinajstić information content (AvgIpc) is 3.26. The van der Waals surface area contributed by atoms with Gasteiger partial charge in [-0.2, -0.15) is 8.78 Å². The van der Waals surface area contributed by atoms with Crippen LogP contribution in [-0.4, -0.2) is 183 Å². The van der Waals surface area contributed by atoms with E-state index >= 15 is 0 Å². The van der Waals surface area contributed by atoms with Gasteiger partial charge in [-0.25, -0.2) is 13.6 Å². The third-order valence-electron chi connectivity index (χ3n) is 8.34. The lowest BCUT2D eigenvalue weighted by Gasteiger charge is -2.18. The fourth-order valence-corrected chi connectivity index (χ4v) is 5.14. The minimum Gasteiger partial charge on any atom is -0.446 e. The highest BCUT2D eigenvalue weighted by Crippen LogP contribution is 2.26. The molecule has 0 radical (unpaired) electrons. The lowest BCUT2D eigenvalue weighted by Crippen LogP contribution is -2.31. The van der Waals surface area contributed by atoms with Crippen molar-refractivity contribution in [2.45, 2.75) is 44.6 Å². The van der Waals surface area contributed by atoms with Crippen LogP contribution in [0.3, 0.4) is 0 Å². The lowest BCUT2D eigenvalue weighted by atomic mass is 10.0. The Balaban J connectivity index is 1.17. The summed E-state index contributed by atoms with van der Waals surface area (Å²) in [5, 5.41) is 2.73. The van der Waals surface area contributed by atoms with E-state index in [-0.39, 0.29) is 32.0 Å². The minimum absolute atomic E-state index is 0.0168. The van der Waals surface area contributed by atoms with Crippen LogP contribution in [0.5, 0.6) is 5.75 Å². The summed E-state index contributed by atoms with van der Waals surface area (Å²) >= 11 is 0. The number of nitrogens with one attached hydrogen (secondary N) is 1. The Hall–Kier alpha value is -3.06. The Bertz CT molecular complexity index is 1290. The Labute approximate surface area is 367 Å². The molecule has 1 aromatic carbocycles. The number of carbonyl (C=O) groups excluding carboxylic acids is 2. The van der Waals surface area contributed by atoms with Crippen LogP contribution in [0.4, 0.5) is 22.4 Å². The van der Waals surface area contributed by atoms with Crippen molar-refractivity contribution < 1.29 is 93.5 Å². The maximum atomic E-state index is 13.6. The van der Waals surface area contributed by atoms with E-state index in [9.17, 15) is 27.2 Å². The van der Waals surface area contributed by atoms with E-state index in [1.165, 1.54) is 0 Å². The van der Waals surface area contributed by atoms with Crippen LogP contribution in [0, 0.1) is 23.3 Å². The van der Waals surface area contributed by atoms with Crippen molar-refractivity contribution in [1.82, 2.24) is 5.32 Å². The number of alkyl carbamates (subject to hydrolysis) is 1. The molecular weight excluding hydrogens is 850 g/mol. The van der Waals surface area contributed by atoms with Gasteiger partial charge in [0.05, 0.1) is 165 Å². The molecule has 0 saturated heterocycles. The topological polar surface area (TPSA) is 175 Å². The van der Waals surface area contributed by atoms with Crippen LogP contribution in [0.2, 0.25) is 0 Å². The number of halogens is 4. The quantitative estimate of drug-likeness (QED) is 0.0245. The maximum Gasteiger partial charge on any atom is 0.407 e. The Morgan fingerprint density at radius 2 is 0.825 bits per heavy atom. The molecule has 0 saturated carbocycles. The third kappa shape index (κ3) is 32.3. The highest BCUT2D eigenvalue weighted by Gasteiger charge is 2.23. The van der Waals surface area contributed by atoms with Gasteiger partial charge in [-0.3, -0.25) is 4.79 Å². The van der Waals surface area contributed by atoms with Crippen LogP contribution in [0.1, 0.15) is 38.5 Å². The Kier molecular flexibility index (Phi) is 36.0. The molecule has 0 heterocycles. The van der Waals surface area contributed by atoms with Crippen molar-refractivity contribution in [2.24, 2.45) is 0 Å². The number of hydrogen-bond donors (Lipinski definition) is 1. The molecule has 0 aliphatic heterocycles. The lowest BCUT2D eigenvalue weighted by molar-refractivity contribution is -0.136. The SMILES string of the molecule is O=C(CCOCCOCCOCCOCCOCCOCCOCCOCCOCCOCCOCCOCCNC(=O)OC1CC/C=C/CCC1)Oc1c(F)c(F)cc(F)c1F. The van der Waals surface area contributed by atoms with E-state index in [1.807, 2.05) is 0 Å². The van der Waals surface area contributed by atoms with E-state index in [0.29, 0.717) is 145 Å². The van der Waals surface area contributed by atoms with Gasteiger partial charge >= 0.3 is 12.1 Å². The van der Waals surface area contributed by atoms with Gasteiger partial charge in [-0.1, -0.05) is 12.2 Å². The molecule has 1 amide bonds. The van der Waals surface area contributed by atoms with E-state index in [1.54, 1.807) is 0 Å². The highest BCUT2D eigenvalue weighted by atomic mass is 19.2. The Morgan fingerprint density at radius 3 is 1.22 bits per heavy atom. The maximum absolute atomic E-state index is 13.6. The zero-order valence-corrected chi connectivity index (χ0v) is 36.3. The summed E-state index contributed by atoms with van der Waals surface area (Å²) in [7, 11) is 0. The summed E-state index contributed by atoms with van der Waals surface area (Å²) in [5.74, 6) is -9.50. The Morgan fingerprint density at radius 1 is 0.476 bits per heavy atom. The monoisotopic (exact) mass is 917 g/mol. The normalized spacial score (nSPS) is 14.6. The van der Waals surface area contributed by atoms with E-state index < -0.39 is 47.5 Å². The summed E-state index contributed by atoms with van der Waals surface area (Å²) in [6, 6.07) is 0.0168. The molecule has 1 atom stereocenters. The van der Waals surface area contributed by atoms with Gasteiger partial charge in [0.15, 0.2) is 11.6 Å². The molecule has 1 aliphatic rings. The predicted octanol–water partition coefficient (Wildman–Crippen LogP) is 4.35. The summed E-state index contributed by atoms with van der Waals surface area (Å²) < 4.78 is 128. The number of benzene rings is 1. The first kappa shape index (κ1) is 56.1. The second-order valence-electron chi connectivity index (χ2n) is 13.3. The van der Waals surface area contributed by atoms with E-state index in [0.717, 1.165) is 32.1 Å². The predicted molar refractivity (Wildman–Crippen MR) is 217 cm³/mol. The first-order valence-corrected chi connectivity index (χ1v) is 21.4. The third-order valence-corrected chi connectivity index (χ3v) is 8.34. The zero-order valence-electron chi connectivity index (χ0n) is 36.3. The zero-order chi connectivity index (χ0) is 45.3. The van der Waals surface area contributed by atoms with Gasteiger partial charge in [0.2, 0.25) is 17.4 Å². The minimum atomic E-state index is -1.80. The van der Waals surface area contributed by atoms with Crippen LogP contribution < -0.4 is 10.1 Å². The first-order valence-electron chi connectivity index (χ1n) is 21.4. The van der Waals surface area contributed by atoms with Gasteiger partial charge < -0.3 is 71.6 Å². The summed E-state index contributed by atoms with van der Waals surface area (Å²) in [4.78, 5) is 23.6. The van der Waals surface area contributed by atoms with Crippen molar-refractivity contribution in [1.29, 1.82) is 0 Å². The molecule has 0 spiro atoms. The van der Waals surface area contributed by atoms with Crippen molar-refractivity contribution in [3.63, 3.8) is 0 Å². The largest absolute Gasteiger partial charge is 0.446 e. The number of allylic oxidation sites excluding steroid dienone is 2. The molecule has 63 heavy (non-hydrogen) atoms. The molecule has 1 N–H and O–H groups in total. The highest BCUT2D eigenvalue weighted by molar-refractivity contribution is 5.72. The van der Waals surface area contributed by atoms with Gasteiger partial charge in [0.1, 0.15) is 6.10 Å². The number of esters is 1. The number of hydrogen-bond acceptors (Lipinski definition) is 16. The molecule has 2 rings (SSSR count). The molecule has 1 aliphatic carbocycles. The molecule has 0 fully saturated rings. The van der Waals surface area contributed by atoms with Crippen molar-refractivity contribution >= 4 is 12.1 Å². The van der Waals surface area contributed by atoms with Crippen LogP contribution in [0.15, 0.2) is 18.2 Å². The molecule has 21 heteroatoms. The van der Waals surface area contributed by atoms with Crippen LogP contribution >= 0.6 is 0 Å². The summed E-state index contributed by atoms with van der Waals surface area (Å²) in [5.41, 5.74) is 0. The number of ether oxygens (including phenoxy) is 14. The number of rotatable bonds is 41. The van der Waals surface area contributed by atoms with Gasteiger partial charge in [0, 0.05) is 12.6 Å². The molecule has 1 aromatic rings. The molecule has 364 valence electrons.